The van der Waals surface area contributed by atoms with Crippen molar-refractivity contribution < 1.29 is 0 Å². The van der Waals surface area contributed by atoms with E-state index >= 15 is 0 Å². The summed E-state index contributed by atoms with van der Waals surface area (Å²) < 4.78 is 0. The zero-order chi connectivity index (χ0) is 27.4. The number of pyridine rings is 1. The van der Waals surface area contributed by atoms with E-state index in [1.807, 2.05) is 19.9 Å². The summed E-state index contributed by atoms with van der Waals surface area (Å²) >= 11 is 0. The minimum atomic E-state index is 0.830. The largest absolute Gasteiger partial charge is 0.335 e. The van der Waals surface area contributed by atoms with Crippen molar-refractivity contribution in [1.82, 2.24) is 9.88 Å². The third-order valence-electron chi connectivity index (χ3n) is 7.16. The molecule has 0 unspecified atom stereocenters. The summed E-state index contributed by atoms with van der Waals surface area (Å²) in [5.74, 6) is 0. The molecule has 37 heavy (non-hydrogen) atoms. The summed E-state index contributed by atoms with van der Waals surface area (Å²) in [7, 11) is 0. The number of fused-ring (bicyclic) bond motifs is 4. The predicted molar refractivity (Wildman–Crippen MR) is 164 cm³/mol. The van der Waals surface area contributed by atoms with Gasteiger partial charge in [0.1, 0.15) is 0 Å². The van der Waals surface area contributed by atoms with Crippen molar-refractivity contribution in [2.24, 2.45) is 5.73 Å². The van der Waals surface area contributed by atoms with Gasteiger partial charge >= 0.3 is 0 Å². The first-order chi connectivity index (χ1) is 18.0. The van der Waals surface area contributed by atoms with Crippen LogP contribution in [0.5, 0.6) is 0 Å². The molecule has 0 radical (unpaired) electrons. The zero-order valence-corrected chi connectivity index (χ0v) is 24.1. The van der Waals surface area contributed by atoms with Crippen molar-refractivity contribution in [3.8, 4) is 0 Å². The van der Waals surface area contributed by atoms with Gasteiger partial charge in [-0.15, -0.1) is 6.58 Å². The zero-order valence-electron chi connectivity index (χ0n) is 24.1. The molecule has 0 fully saturated rings. The van der Waals surface area contributed by atoms with Gasteiger partial charge in [0.2, 0.25) is 0 Å². The predicted octanol–water partition coefficient (Wildman–Crippen LogP) is 9.26. The molecule has 0 bridgehead atoms. The highest BCUT2D eigenvalue weighted by molar-refractivity contribution is 5.88. The molecule has 0 saturated carbocycles. The second-order valence-electron chi connectivity index (χ2n) is 9.54. The van der Waals surface area contributed by atoms with Crippen molar-refractivity contribution in [3.63, 3.8) is 0 Å². The number of aryl methyl sites for hydroxylation is 1. The van der Waals surface area contributed by atoms with Crippen molar-refractivity contribution in [2.45, 2.75) is 92.5 Å². The molecule has 3 nitrogen and oxygen atoms in total. The molecule has 3 heterocycles. The van der Waals surface area contributed by atoms with Gasteiger partial charge in [0.25, 0.3) is 0 Å². The van der Waals surface area contributed by atoms with Crippen LogP contribution in [0, 0.1) is 0 Å². The average molecular weight is 500 g/mol. The van der Waals surface area contributed by atoms with Gasteiger partial charge in [-0.3, -0.25) is 0 Å². The minimum Gasteiger partial charge on any atom is -0.335 e. The van der Waals surface area contributed by atoms with Crippen LogP contribution in [0.15, 0.2) is 78.6 Å². The smallest absolute Gasteiger partial charge is 0.0927 e. The highest BCUT2D eigenvalue weighted by Crippen LogP contribution is 2.44. The molecule has 0 saturated heterocycles. The number of aromatic nitrogens is 1. The Balaban J connectivity index is 0.000000414. The number of para-hydroxylation sites is 1. The van der Waals surface area contributed by atoms with Crippen LogP contribution in [0.4, 0.5) is 0 Å². The van der Waals surface area contributed by atoms with Crippen LogP contribution in [0.25, 0.3) is 16.6 Å². The number of hydrogen-bond donors (Lipinski definition) is 1. The Kier molecular flexibility index (Phi) is 12.6. The van der Waals surface area contributed by atoms with E-state index in [0.29, 0.717) is 0 Å². The fourth-order valence-electron chi connectivity index (χ4n) is 4.98. The average Bonchev–Trinajstić information content (AvgIpc) is 3.29. The van der Waals surface area contributed by atoms with Gasteiger partial charge in [0.15, 0.2) is 0 Å². The fraction of sp³-hybridized carbons (Fsp3) is 0.441. The maximum absolute atomic E-state index is 5.28. The lowest BCUT2D eigenvalue weighted by molar-refractivity contribution is 0.505. The van der Waals surface area contributed by atoms with E-state index < -0.39 is 0 Å². The number of unbranched alkanes of at least 4 members (excludes halogenated alkanes) is 3. The van der Waals surface area contributed by atoms with Crippen molar-refractivity contribution in [3.05, 3.63) is 95.4 Å². The van der Waals surface area contributed by atoms with E-state index in [1.54, 1.807) is 0 Å². The van der Waals surface area contributed by atoms with Gasteiger partial charge in [-0.2, -0.15) is 0 Å². The molecule has 3 heteroatoms. The molecule has 2 aromatic rings. The summed E-state index contributed by atoms with van der Waals surface area (Å²) in [6, 6.07) is 8.51. The number of allylic oxidation sites excluding steroid dienone is 5. The van der Waals surface area contributed by atoms with E-state index in [-0.39, 0.29) is 0 Å². The Morgan fingerprint density at radius 1 is 1.14 bits per heavy atom. The lowest BCUT2D eigenvalue weighted by Gasteiger charge is -2.30. The lowest BCUT2D eigenvalue weighted by Crippen LogP contribution is -2.20. The number of hydrogen-bond acceptors (Lipinski definition) is 3. The molecular weight excluding hydrogens is 450 g/mol. The Morgan fingerprint density at radius 2 is 1.86 bits per heavy atom. The topological polar surface area (TPSA) is 42.2 Å². The van der Waals surface area contributed by atoms with Crippen LogP contribution in [0.2, 0.25) is 0 Å². The first-order valence-electron chi connectivity index (χ1n) is 14.2. The first-order valence-corrected chi connectivity index (χ1v) is 14.2. The van der Waals surface area contributed by atoms with E-state index in [2.05, 4.69) is 75.7 Å². The number of nitrogens with two attached hydrogens (primary N) is 1. The molecule has 1 aromatic heterocycles. The highest BCUT2D eigenvalue weighted by Gasteiger charge is 2.33. The molecule has 0 amide bonds. The minimum absolute atomic E-state index is 0.830. The lowest BCUT2D eigenvalue weighted by atomic mass is 9.94. The summed E-state index contributed by atoms with van der Waals surface area (Å²) in [5, 5.41) is 1.29. The Bertz CT molecular complexity index is 1150. The van der Waals surface area contributed by atoms with Crippen LogP contribution in [-0.2, 0) is 13.0 Å². The Morgan fingerprint density at radius 3 is 2.51 bits per heavy atom. The number of nitrogens with zero attached hydrogens (tertiary/aromatic N) is 2. The fourth-order valence-corrected chi connectivity index (χ4v) is 4.98. The maximum atomic E-state index is 5.28. The standard InChI is InChI=1S/C25H28N2.C7H15N.C2H6/c1-6-16(3)12-13-20-17(4)14-24-25-22(15-27(24)18(20)5)19(7-2)21-10-8-9-11-23(21)26-25;1-2-3-4-5-6-7-8;1-2/h8-11,14H,3,5-7,12-13,15H2,1-2,4H3;2H,1,3-8H2;1-2H3. The molecule has 200 valence electrons. The Labute approximate surface area is 226 Å². The monoisotopic (exact) mass is 499 g/mol. The van der Waals surface area contributed by atoms with Crippen molar-refractivity contribution in [2.75, 3.05) is 6.54 Å². The molecule has 2 N–H and O–H groups in total. The third-order valence-corrected chi connectivity index (χ3v) is 7.16. The van der Waals surface area contributed by atoms with Gasteiger partial charge in [0.05, 0.1) is 23.5 Å². The van der Waals surface area contributed by atoms with Gasteiger partial charge in [-0.25, -0.2) is 4.98 Å². The summed E-state index contributed by atoms with van der Waals surface area (Å²) in [6.07, 6.45) is 13.2. The molecule has 0 atom stereocenters. The van der Waals surface area contributed by atoms with E-state index in [4.69, 9.17) is 10.7 Å². The first kappa shape index (κ1) is 30.3. The molecule has 0 spiro atoms. The summed E-state index contributed by atoms with van der Waals surface area (Å²) in [6.45, 7) is 24.6. The van der Waals surface area contributed by atoms with Gasteiger partial charge in [-0.1, -0.05) is 77.1 Å². The Hall–Kier alpha value is -2.91. The van der Waals surface area contributed by atoms with Crippen molar-refractivity contribution >= 4 is 16.6 Å². The van der Waals surface area contributed by atoms with Crippen LogP contribution in [-0.4, -0.2) is 16.4 Å². The molecular formula is C34H49N3. The number of benzene rings is 1. The van der Waals surface area contributed by atoms with Crippen LogP contribution in [0.3, 0.4) is 0 Å². The summed E-state index contributed by atoms with van der Waals surface area (Å²) in [5.41, 5.74) is 16.7. The normalized spacial score (nSPS) is 13.7. The van der Waals surface area contributed by atoms with E-state index in [0.717, 1.165) is 68.5 Å². The van der Waals surface area contributed by atoms with Crippen LogP contribution >= 0.6 is 0 Å². The van der Waals surface area contributed by atoms with E-state index in [9.17, 15) is 0 Å². The molecule has 0 aliphatic carbocycles. The molecule has 2 aliphatic rings. The second-order valence-corrected chi connectivity index (χ2v) is 9.54. The molecule has 1 aromatic carbocycles. The quantitative estimate of drug-likeness (QED) is 0.261. The van der Waals surface area contributed by atoms with Crippen LogP contribution in [0.1, 0.15) is 96.4 Å². The van der Waals surface area contributed by atoms with Gasteiger partial charge in [0, 0.05) is 16.6 Å². The number of rotatable bonds is 10. The van der Waals surface area contributed by atoms with Crippen molar-refractivity contribution in [1.29, 1.82) is 0 Å². The van der Waals surface area contributed by atoms with E-state index in [1.165, 1.54) is 51.8 Å². The maximum Gasteiger partial charge on any atom is 0.0927 e. The second kappa shape index (κ2) is 15.4. The van der Waals surface area contributed by atoms with Gasteiger partial charge in [-0.05, 0) is 87.3 Å². The van der Waals surface area contributed by atoms with Crippen LogP contribution < -0.4 is 5.73 Å². The SMILES string of the molecule is C=C(CC)CCC1=C(C)C=C2c3nc4ccccc4c(CC)c3CN2C1=C.C=CCCCCCN.CC. The third kappa shape index (κ3) is 7.32. The molecule has 2 aliphatic heterocycles. The van der Waals surface area contributed by atoms with Gasteiger partial charge < -0.3 is 10.6 Å². The summed E-state index contributed by atoms with van der Waals surface area (Å²) in [4.78, 5) is 7.41. The highest BCUT2D eigenvalue weighted by atomic mass is 15.2. The molecule has 4 rings (SSSR count).